The number of hydrogen-bond donors (Lipinski definition) is 1. The van der Waals surface area contributed by atoms with Crippen LogP contribution in [0.4, 0.5) is 0 Å². The van der Waals surface area contributed by atoms with Crippen molar-refractivity contribution in [3.8, 4) is 5.75 Å². The van der Waals surface area contributed by atoms with E-state index >= 15 is 0 Å². The summed E-state index contributed by atoms with van der Waals surface area (Å²) in [5, 5.41) is 3.84. The van der Waals surface area contributed by atoms with E-state index in [2.05, 4.69) is 43.4 Å². The molecule has 2 nitrogen and oxygen atoms in total. The predicted octanol–water partition coefficient (Wildman–Crippen LogP) is 4.10. The third kappa shape index (κ3) is 3.50. The van der Waals surface area contributed by atoms with Crippen molar-refractivity contribution in [1.82, 2.24) is 5.32 Å². The quantitative estimate of drug-likeness (QED) is 0.881. The first-order valence-corrected chi connectivity index (χ1v) is 7.56. The minimum Gasteiger partial charge on any atom is -0.497 e. The molecule has 1 unspecified atom stereocenters. The smallest absolute Gasteiger partial charge is 0.118 e. The van der Waals surface area contributed by atoms with Crippen molar-refractivity contribution in [2.45, 2.75) is 51.5 Å². The zero-order valence-corrected chi connectivity index (χ0v) is 12.5. The molecule has 1 aromatic rings. The van der Waals surface area contributed by atoms with Gasteiger partial charge in [0, 0.05) is 5.54 Å². The molecule has 0 amide bonds. The molecule has 19 heavy (non-hydrogen) atoms. The van der Waals surface area contributed by atoms with E-state index in [1.54, 1.807) is 7.11 Å². The minimum atomic E-state index is 0.164. The van der Waals surface area contributed by atoms with Crippen LogP contribution in [0.5, 0.6) is 5.75 Å². The number of methoxy groups -OCH3 is 1. The number of rotatable bonds is 4. The molecule has 1 aliphatic rings. The highest BCUT2D eigenvalue weighted by molar-refractivity contribution is 5.32. The summed E-state index contributed by atoms with van der Waals surface area (Å²) in [6.45, 7) is 5.77. The van der Waals surface area contributed by atoms with Gasteiger partial charge in [0.2, 0.25) is 0 Å². The van der Waals surface area contributed by atoms with E-state index in [1.165, 1.54) is 37.7 Å². The fourth-order valence-corrected chi connectivity index (χ4v) is 3.29. The molecule has 106 valence electrons. The highest BCUT2D eigenvalue weighted by Gasteiger charge is 2.33. The van der Waals surface area contributed by atoms with Crippen molar-refractivity contribution in [1.29, 1.82) is 0 Å². The first kappa shape index (κ1) is 14.4. The van der Waals surface area contributed by atoms with Gasteiger partial charge in [0.25, 0.3) is 0 Å². The van der Waals surface area contributed by atoms with Crippen LogP contribution < -0.4 is 10.1 Å². The Morgan fingerprint density at radius 2 is 1.89 bits per heavy atom. The molecule has 0 radical (unpaired) electrons. The van der Waals surface area contributed by atoms with Crippen molar-refractivity contribution in [2.75, 3.05) is 13.7 Å². The van der Waals surface area contributed by atoms with Crippen molar-refractivity contribution in [3.05, 3.63) is 29.8 Å². The van der Waals surface area contributed by atoms with Crippen LogP contribution in [-0.2, 0) is 5.54 Å². The maximum absolute atomic E-state index is 5.27. The van der Waals surface area contributed by atoms with Gasteiger partial charge in [-0.05, 0) is 49.4 Å². The van der Waals surface area contributed by atoms with Gasteiger partial charge in [-0.15, -0.1) is 0 Å². The second-order valence-corrected chi connectivity index (χ2v) is 6.15. The molecule has 0 aromatic heterocycles. The molecule has 1 atom stereocenters. The van der Waals surface area contributed by atoms with E-state index in [-0.39, 0.29) is 5.54 Å². The molecule has 2 heteroatoms. The van der Waals surface area contributed by atoms with Crippen LogP contribution in [0.2, 0.25) is 0 Å². The molecule has 1 N–H and O–H groups in total. The van der Waals surface area contributed by atoms with Crippen LogP contribution in [0, 0.1) is 5.92 Å². The monoisotopic (exact) mass is 261 g/mol. The molecule has 0 bridgehead atoms. The maximum atomic E-state index is 5.27. The minimum absolute atomic E-state index is 0.164. The first-order valence-electron chi connectivity index (χ1n) is 7.56. The summed E-state index contributed by atoms with van der Waals surface area (Å²) in [7, 11) is 1.72. The SMILES string of the molecule is COc1ccc(C2(CC(C)C)CCCCCN2)cc1. The second kappa shape index (κ2) is 6.42. The molecular formula is C17H27NO. The fraction of sp³-hybridized carbons (Fsp3) is 0.647. The molecule has 0 spiro atoms. The lowest BCUT2D eigenvalue weighted by Crippen LogP contribution is -2.42. The van der Waals surface area contributed by atoms with Gasteiger partial charge in [0.05, 0.1) is 7.11 Å². The topological polar surface area (TPSA) is 21.3 Å². The zero-order valence-electron chi connectivity index (χ0n) is 12.5. The van der Waals surface area contributed by atoms with E-state index in [0.717, 1.165) is 12.3 Å². The number of benzene rings is 1. The Kier molecular flexibility index (Phi) is 4.87. The third-order valence-corrected chi connectivity index (χ3v) is 4.14. The molecular weight excluding hydrogens is 234 g/mol. The largest absolute Gasteiger partial charge is 0.497 e. The van der Waals surface area contributed by atoms with Gasteiger partial charge >= 0.3 is 0 Å². The highest BCUT2D eigenvalue weighted by atomic mass is 16.5. The van der Waals surface area contributed by atoms with E-state index < -0.39 is 0 Å². The summed E-state index contributed by atoms with van der Waals surface area (Å²) in [5.41, 5.74) is 1.58. The first-order chi connectivity index (χ1) is 9.16. The summed E-state index contributed by atoms with van der Waals surface area (Å²) in [5.74, 6) is 1.64. The lowest BCUT2D eigenvalue weighted by Gasteiger charge is -2.36. The van der Waals surface area contributed by atoms with E-state index in [9.17, 15) is 0 Å². The molecule has 0 aliphatic carbocycles. The van der Waals surface area contributed by atoms with E-state index in [1.807, 2.05) is 0 Å². The van der Waals surface area contributed by atoms with Crippen LogP contribution in [0.1, 0.15) is 51.5 Å². The average Bonchev–Trinajstić information content (AvgIpc) is 2.65. The molecule has 1 aliphatic heterocycles. The van der Waals surface area contributed by atoms with Crippen LogP contribution in [0.3, 0.4) is 0 Å². The second-order valence-electron chi connectivity index (χ2n) is 6.15. The Hall–Kier alpha value is -1.02. The van der Waals surface area contributed by atoms with Crippen LogP contribution >= 0.6 is 0 Å². The Morgan fingerprint density at radius 3 is 2.53 bits per heavy atom. The zero-order chi connectivity index (χ0) is 13.7. The van der Waals surface area contributed by atoms with Gasteiger partial charge in [-0.25, -0.2) is 0 Å². The highest BCUT2D eigenvalue weighted by Crippen LogP contribution is 2.36. The normalized spacial score (nSPS) is 24.2. The van der Waals surface area contributed by atoms with Gasteiger partial charge in [-0.2, -0.15) is 0 Å². The third-order valence-electron chi connectivity index (χ3n) is 4.14. The van der Waals surface area contributed by atoms with Crippen molar-refractivity contribution < 1.29 is 4.74 Å². The van der Waals surface area contributed by atoms with Crippen molar-refractivity contribution in [3.63, 3.8) is 0 Å². The molecule has 0 saturated carbocycles. The van der Waals surface area contributed by atoms with E-state index in [4.69, 9.17) is 4.74 Å². The predicted molar refractivity (Wildman–Crippen MR) is 80.6 cm³/mol. The molecule has 1 fully saturated rings. The Bertz CT molecular complexity index is 375. The summed E-state index contributed by atoms with van der Waals surface area (Å²) in [6.07, 6.45) is 6.43. The average molecular weight is 261 g/mol. The van der Waals surface area contributed by atoms with Gasteiger partial charge in [-0.3, -0.25) is 0 Å². The maximum Gasteiger partial charge on any atom is 0.118 e. The molecule has 1 heterocycles. The molecule has 1 aromatic carbocycles. The van der Waals surface area contributed by atoms with Crippen LogP contribution in [0.15, 0.2) is 24.3 Å². The van der Waals surface area contributed by atoms with Crippen LogP contribution in [-0.4, -0.2) is 13.7 Å². The van der Waals surface area contributed by atoms with E-state index in [0.29, 0.717) is 5.92 Å². The number of nitrogens with one attached hydrogen (secondary N) is 1. The standard InChI is InChI=1S/C17H27NO/c1-14(2)13-17(11-5-4-6-12-18-17)15-7-9-16(19-3)10-8-15/h7-10,14,18H,4-6,11-13H2,1-3H3. The summed E-state index contributed by atoms with van der Waals surface area (Å²) < 4.78 is 5.27. The van der Waals surface area contributed by atoms with Gasteiger partial charge in [-0.1, -0.05) is 38.8 Å². The fourth-order valence-electron chi connectivity index (χ4n) is 3.29. The van der Waals surface area contributed by atoms with Gasteiger partial charge < -0.3 is 10.1 Å². The Labute approximate surface area is 117 Å². The number of ether oxygens (including phenoxy) is 1. The lowest BCUT2D eigenvalue weighted by molar-refractivity contribution is 0.263. The van der Waals surface area contributed by atoms with Crippen LogP contribution in [0.25, 0.3) is 0 Å². The van der Waals surface area contributed by atoms with Crippen molar-refractivity contribution in [2.24, 2.45) is 5.92 Å². The molecule has 2 rings (SSSR count). The summed E-state index contributed by atoms with van der Waals surface area (Å²) >= 11 is 0. The van der Waals surface area contributed by atoms with Gasteiger partial charge in [0.15, 0.2) is 0 Å². The molecule has 1 saturated heterocycles. The lowest BCUT2D eigenvalue weighted by atomic mass is 9.79. The summed E-state index contributed by atoms with van der Waals surface area (Å²) in [4.78, 5) is 0. The summed E-state index contributed by atoms with van der Waals surface area (Å²) in [6, 6.07) is 8.65. The van der Waals surface area contributed by atoms with Gasteiger partial charge in [0.1, 0.15) is 5.75 Å². The van der Waals surface area contributed by atoms with Crippen molar-refractivity contribution >= 4 is 0 Å². The Balaban J connectivity index is 2.28. The number of hydrogen-bond acceptors (Lipinski definition) is 2. The Morgan fingerprint density at radius 1 is 1.16 bits per heavy atom.